The molecule has 1 heterocycles. The summed E-state index contributed by atoms with van der Waals surface area (Å²) in [6.45, 7) is 2.62. The van der Waals surface area contributed by atoms with Gasteiger partial charge >= 0.3 is 0 Å². The molecule has 0 spiro atoms. The number of hydrogen-bond acceptors (Lipinski definition) is 3. The molecule has 0 aliphatic carbocycles. The highest BCUT2D eigenvalue weighted by atomic mass is 35.5. The molecule has 0 atom stereocenters. The predicted octanol–water partition coefficient (Wildman–Crippen LogP) is 4.67. The van der Waals surface area contributed by atoms with Crippen molar-refractivity contribution in [3.63, 3.8) is 0 Å². The van der Waals surface area contributed by atoms with E-state index in [0.717, 1.165) is 33.3 Å². The molecule has 1 amide bonds. The number of benzene rings is 2. The molecule has 128 valence electrons. The Kier molecular flexibility index (Phi) is 5.84. The lowest BCUT2D eigenvalue weighted by molar-refractivity contribution is -0.120. The van der Waals surface area contributed by atoms with Crippen LogP contribution in [0.2, 0.25) is 5.02 Å². The highest BCUT2D eigenvalue weighted by molar-refractivity contribution is 7.13. The Morgan fingerprint density at radius 1 is 1.20 bits per heavy atom. The predicted molar refractivity (Wildman–Crippen MR) is 104 cm³/mol. The van der Waals surface area contributed by atoms with Crippen LogP contribution in [0.25, 0.3) is 10.6 Å². The molecule has 25 heavy (non-hydrogen) atoms. The Morgan fingerprint density at radius 3 is 2.76 bits per heavy atom. The first-order chi connectivity index (χ1) is 12.1. The van der Waals surface area contributed by atoms with Gasteiger partial charge in [-0.2, -0.15) is 0 Å². The first-order valence-electron chi connectivity index (χ1n) is 8.13. The Bertz CT molecular complexity index is 858. The van der Waals surface area contributed by atoms with E-state index in [-0.39, 0.29) is 5.91 Å². The van der Waals surface area contributed by atoms with E-state index in [9.17, 15) is 4.79 Å². The number of amides is 1. The lowest BCUT2D eigenvalue weighted by Gasteiger charge is -2.05. The van der Waals surface area contributed by atoms with Crippen LogP contribution in [-0.4, -0.2) is 17.4 Å². The molecule has 0 radical (unpaired) electrons. The number of thiazole rings is 1. The Balaban J connectivity index is 1.49. The van der Waals surface area contributed by atoms with Gasteiger partial charge in [0, 0.05) is 28.9 Å². The summed E-state index contributed by atoms with van der Waals surface area (Å²) in [5.41, 5.74) is 4.26. The van der Waals surface area contributed by atoms with Crippen LogP contribution in [0.5, 0.6) is 0 Å². The van der Waals surface area contributed by atoms with Crippen LogP contribution < -0.4 is 5.32 Å². The molecule has 5 heteroatoms. The second-order valence-corrected chi connectivity index (χ2v) is 7.21. The summed E-state index contributed by atoms with van der Waals surface area (Å²) >= 11 is 7.52. The number of nitrogens with zero attached hydrogens (tertiary/aromatic N) is 1. The average Bonchev–Trinajstić information content (AvgIpc) is 3.04. The van der Waals surface area contributed by atoms with Crippen LogP contribution in [0.15, 0.2) is 53.9 Å². The fraction of sp³-hybridized carbons (Fsp3) is 0.200. The summed E-state index contributed by atoms with van der Waals surface area (Å²) < 4.78 is 0. The number of rotatable bonds is 6. The summed E-state index contributed by atoms with van der Waals surface area (Å²) in [4.78, 5) is 16.7. The molecule has 0 aliphatic rings. The molecule has 3 rings (SSSR count). The molecule has 0 bridgehead atoms. The third-order valence-corrected chi connectivity index (χ3v) is 4.99. The number of hydrogen-bond donors (Lipinski definition) is 1. The van der Waals surface area contributed by atoms with Gasteiger partial charge in [-0.05, 0) is 24.6 Å². The van der Waals surface area contributed by atoms with Crippen LogP contribution in [0.4, 0.5) is 0 Å². The summed E-state index contributed by atoms with van der Waals surface area (Å²) in [6.07, 6.45) is 1.14. The Hall–Kier alpha value is -2.17. The fourth-order valence-electron chi connectivity index (χ4n) is 2.55. The maximum absolute atomic E-state index is 12.0. The van der Waals surface area contributed by atoms with Crippen LogP contribution in [0, 0.1) is 6.92 Å². The zero-order chi connectivity index (χ0) is 17.6. The summed E-state index contributed by atoms with van der Waals surface area (Å²) in [5.74, 6) is 0.0405. The van der Waals surface area contributed by atoms with Gasteiger partial charge in [0.1, 0.15) is 5.01 Å². The van der Waals surface area contributed by atoms with Crippen molar-refractivity contribution in [2.24, 2.45) is 0 Å². The molecular weight excluding hydrogens is 352 g/mol. The molecular formula is C20H19ClN2OS. The van der Waals surface area contributed by atoms with Gasteiger partial charge in [-0.25, -0.2) is 4.98 Å². The van der Waals surface area contributed by atoms with Crippen molar-refractivity contribution in [2.75, 3.05) is 6.54 Å². The van der Waals surface area contributed by atoms with Gasteiger partial charge in [0.2, 0.25) is 5.91 Å². The number of aryl methyl sites for hydroxylation is 1. The molecule has 0 saturated heterocycles. The SMILES string of the molecule is Cc1cccc(CC(=O)NCCc2csc(-c3ccc(Cl)cc3)n2)c1. The summed E-state index contributed by atoms with van der Waals surface area (Å²) in [6, 6.07) is 15.7. The number of nitrogens with one attached hydrogen (secondary N) is 1. The van der Waals surface area contributed by atoms with Crippen LogP contribution in [-0.2, 0) is 17.6 Å². The van der Waals surface area contributed by atoms with E-state index in [0.29, 0.717) is 13.0 Å². The highest BCUT2D eigenvalue weighted by Crippen LogP contribution is 2.25. The molecule has 1 aromatic heterocycles. The largest absolute Gasteiger partial charge is 0.355 e. The molecule has 3 aromatic rings. The standard InChI is InChI=1S/C20H19ClN2OS/c1-14-3-2-4-15(11-14)12-19(24)22-10-9-18-13-25-20(23-18)16-5-7-17(21)8-6-16/h2-8,11,13H,9-10,12H2,1H3,(H,22,24). The van der Waals surface area contributed by atoms with Gasteiger partial charge in [-0.15, -0.1) is 11.3 Å². The Morgan fingerprint density at radius 2 is 2.00 bits per heavy atom. The van der Waals surface area contributed by atoms with Gasteiger partial charge in [-0.1, -0.05) is 53.6 Å². The molecule has 0 aliphatic heterocycles. The highest BCUT2D eigenvalue weighted by Gasteiger charge is 2.07. The van der Waals surface area contributed by atoms with Crippen LogP contribution >= 0.6 is 22.9 Å². The molecule has 1 N–H and O–H groups in total. The van der Waals surface area contributed by atoms with Crippen molar-refractivity contribution in [3.8, 4) is 10.6 Å². The zero-order valence-corrected chi connectivity index (χ0v) is 15.5. The van der Waals surface area contributed by atoms with Crippen molar-refractivity contribution < 1.29 is 4.79 Å². The molecule has 2 aromatic carbocycles. The van der Waals surface area contributed by atoms with Crippen molar-refractivity contribution in [1.82, 2.24) is 10.3 Å². The first-order valence-corrected chi connectivity index (χ1v) is 9.38. The van der Waals surface area contributed by atoms with E-state index < -0.39 is 0 Å². The molecule has 0 unspecified atom stereocenters. The monoisotopic (exact) mass is 370 g/mol. The minimum atomic E-state index is 0.0405. The topological polar surface area (TPSA) is 42.0 Å². The van der Waals surface area contributed by atoms with Crippen molar-refractivity contribution >= 4 is 28.8 Å². The lowest BCUT2D eigenvalue weighted by Crippen LogP contribution is -2.27. The number of aromatic nitrogens is 1. The van der Waals surface area contributed by atoms with Gasteiger partial charge in [-0.3, -0.25) is 4.79 Å². The van der Waals surface area contributed by atoms with Gasteiger partial charge < -0.3 is 5.32 Å². The molecule has 0 fully saturated rings. The third kappa shape index (κ3) is 5.15. The van der Waals surface area contributed by atoms with Gasteiger partial charge in [0.05, 0.1) is 12.1 Å². The van der Waals surface area contributed by atoms with E-state index in [2.05, 4.69) is 10.3 Å². The fourth-order valence-corrected chi connectivity index (χ4v) is 3.53. The van der Waals surface area contributed by atoms with Crippen LogP contribution in [0.1, 0.15) is 16.8 Å². The average molecular weight is 371 g/mol. The lowest BCUT2D eigenvalue weighted by atomic mass is 10.1. The van der Waals surface area contributed by atoms with Crippen molar-refractivity contribution in [2.45, 2.75) is 19.8 Å². The Labute approximate surface area is 156 Å². The van der Waals surface area contributed by atoms with E-state index in [4.69, 9.17) is 11.6 Å². The van der Waals surface area contributed by atoms with E-state index in [1.807, 2.05) is 60.8 Å². The van der Waals surface area contributed by atoms with Gasteiger partial charge in [0.25, 0.3) is 0 Å². The quantitative estimate of drug-likeness (QED) is 0.684. The first kappa shape index (κ1) is 17.6. The second-order valence-electron chi connectivity index (χ2n) is 5.92. The van der Waals surface area contributed by atoms with E-state index in [1.165, 1.54) is 5.56 Å². The number of carbonyl (C=O) groups excluding carboxylic acids is 1. The van der Waals surface area contributed by atoms with E-state index >= 15 is 0 Å². The molecule has 3 nitrogen and oxygen atoms in total. The van der Waals surface area contributed by atoms with Gasteiger partial charge in [0.15, 0.2) is 0 Å². The molecule has 0 saturated carbocycles. The third-order valence-electron chi connectivity index (χ3n) is 3.79. The van der Waals surface area contributed by atoms with Crippen molar-refractivity contribution in [1.29, 1.82) is 0 Å². The second kappa shape index (κ2) is 8.28. The van der Waals surface area contributed by atoms with E-state index in [1.54, 1.807) is 11.3 Å². The maximum Gasteiger partial charge on any atom is 0.224 e. The van der Waals surface area contributed by atoms with Crippen LogP contribution in [0.3, 0.4) is 0 Å². The minimum absolute atomic E-state index is 0.0405. The maximum atomic E-state index is 12.0. The minimum Gasteiger partial charge on any atom is -0.355 e. The van der Waals surface area contributed by atoms with Crippen molar-refractivity contribution in [3.05, 3.63) is 75.8 Å². The normalized spacial score (nSPS) is 10.6. The zero-order valence-electron chi connectivity index (χ0n) is 14.0. The summed E-state index contributed by atoms with van der Waals surface area (Å²) in [5, 5.41) is 6.69. The summed E-state index contributed by atoms with van der Waals surface area (Å²) in [7, 11) is 0. The smallest absolute Gasteiger partial charge is 0.224 e. The number of carbonyl (C=O) groups is 1. The number of halogens is 1.